The zero-order chi connectivity index (χ0) is 13.8. The van der Waals surface area contributed by atoms with Gasteiger partial charge in [0.05, 0.1) is 12.4 Å². The summed E-state index contributed by atoms with van der Waals surface area (Å²) in [6.07, 6.45) is 0. The van der Waals surface area contributed by atoms with Gasteiger partial charge in [-0.15, -0.1) is 0 Å². The van der Waals surface area contributed by atoms with Crippen LogP contribution in [0.25, 0.3) is 0 Å². The van der Waals surface area contributed by atoms with Crippen molar-refractivity contribution in [1.82, 2.24) is 0 Å². The van der Waals surface area contributed by atoms with E-state index >= 15 is 0 Å². The van der Waals surface area contributed by atoms with E-state index in [0.717, 1.165) is 6.07 Å². The molecule has 1 aromatic carbocycles. The van der Waals surface area contributed by atoms with Gasteiger partial charge in [0.15, 0.2) is 9.84 Å². The van der Waals surface area contributed by atoms with Crippen LogP contribution < -0.4 is 5.73 Å². The van der Waals surface area contributed by atoms with Gasteiger partial charge >= 0.3 is 5.97 Å². The molecule has 100 valence electrons. The third-order valence-corrected chi connectivity index (χ3v) is 3.57. The molecule has 0 spiro atoms. The van der Waals surface area contributed by atoms with E-state index in [4.69, 9.17) is 5.73 Å². The highest BCUT2D eigenvalue weighted by Crippen LogP contribution is 2.18. The molecule has 0 aliphatic rings. The van der Waals surface area contributed by atoms with Gasteiger partial charge in [-0.3, -0.25) is 4.79 Å². The number of ether oxygens (including phenoxy) is 1. The van der Waals surface area contributed by atoms with Crippen LogP contribution in [0.2, 0.25) is 0 Å². The van der Waals surface area contributed by atoms with E-state index in [2.05, 4.69) is 4.74 Å². The first-order valence-corrected chi connectivity index (χ1v) is 7.06. The van der Waals surface area contributed by atoms with E-state index in [9.17, 15) is 17.6 Å². The minimum atomic E-state index is -3.80. The van der Waals surface area contributed by atoms with E-state index in [1.807, 2.05) is 0 Å². The van der Waals surface area contributed by atoms with Crippen molar-refractivity contribution in [2.75, 3.05) is 18.1 Å². The number of halogens is 1. The molecule has 1 rings (SSSR count). The Morgan fingerprint density at radius 3 is 2.67 bits per heavy atom. The number of hydrogen-bond acceptors (Lipinski definition) is 5. The van der Waals surface area contributed by atoms with Gasteiger partial charge in [-0.1, -0.05) is 6.07 Å². The second kappa shape index (κ2) is 5.81. The van der Waals surface area contributed by atoms with E-state index < -0.39 is 33.1 Å². The van der Waals surface area contributed by atoms with Gasteiger partial charge in [-0.05, 0) is 19.1 Å². The highest BCUT2D eigenvalue weighted by Gasteiger charge is 2.21. The lowest BCUT2D eigenvalue weighted by atomic mass is 10.2. The molecule has 0 amide bonds. The summed E-state index contributed by atoms with van der Waals surface area (Å²) in [4.78, 5) is 11.1. The first kappa shape index (κ1) is 14.4. The average molecular weight is 275 g/mol. The quantitative estimate of drug-likeness (QED) is 0.637. The zero-order valence-electron chi connectivity index (χ0n) is 9.85. The van der Waals surface area contributed by atoms with Crippen LogP contribution in [0.1, 0.15) is 12.5 Å². The predicted molar refractivity (Wildman–Crippen MR) is 64.9 cm³/mol. The van der Waals surface area contributed by atoms with Crippen LogP contribution in [-0.2, 0) is 25.1 Å². The van der Waals surface area contributed by atoms with Crippen LogP contribution in [-0.4, -0.2) is 26.7 Å². The van der Waals surface area contributed by atoms with Crippen molar-refractivity contribution in [2.24, 2.45) is 0 Å². The number of sulfone groups is 1. The Hall–Kier alpha value is -1.63. The average Bonchev–Trinajstić information content (AvgIpc) is 2.23. The van der Waals surface area contributed by atoms with Crippen LogP contribution in [0.15, 0.2) is 18.2 Å². The molecule has 0 aliphatic heterocycles. The van der Waals surface area contributed by atoms with Crippen molar-refractivity contribution in [3.05, 3.63) is 29.6 Å². The Bertz CT molecular complexity index is 522. The predicted octanol–water partition coefficient (Wildman–Crippen LogP) is 0.886. The van der Waals surface area contributed by atoms with Crippen molar-refractivity contribution >= 4 is 21.5 Å². The lowest BCUT2D eigenvalue weighted by molar-refractivity contribution is -0.139. The molecular weight excluding hydrogens is 261 g/mol. The van der Waals surface area contributed by atoms with Crippen LogP contribution >= 0.6 is 0 Å². The largest absolute Gasteiger partial charge is 0.465 e. The molecule has 7 heteroatoms. The highest BCUT2D eigenvalue weighted by atomic mass is 32.2. The SMILES string of the molecule is CCOC(=O)CS(=O)(=O)Cc1c(N)cccc1F. The fourth-order valence-corrected chi connectivity index (χ4v) is 2.67. The molecule has 0 bridgehead atoms. The minimum Gasteiger partial charge on any atom is -0.465 e. The molecule has 18 heavy (non-hydrogen) atoms. The Kier molecular flexibility index (Phi) is 4.66. The fourth-order valence-electron chi connectivity index (χ4n) is 1.38. The van der Waals surface area contributed by atoms with Gasteiger partial charge in [-0.2, -0.15) is 0 Å². The zero-order valence-corrected chi connectivity index (χ0v) is 10.7. The first-order valence-electron chi connectivity index (χ1n) is 5.24. The topological polar surface area (TPSA) is 86.5 Å². The smallest absolute Gasteiger partial charge is 0.321 e. The molecule has 0 aliphatic carbocycles. The highest BCUT2D eigenvalue weighted by molar-refractivity contribution is 7.91. The molecule has 0 aromatic heterocycles. The van der Waals surface area contributed by atoms with Gasteiger partial charge in [0, 0.05) is 11.3 Å². The van der Waals surface area contributed by atoms with Gasteiger partial charge in [0.2, 0.25) is 0 Å². The summed E-state index contributed by atoms with van der Waals surface area (Å²) in [6, 6.07) is 3.90. The third-order valence-electron chi connectivity index (χ3n) is 2.16. The second-order valence-corrected chi connectivity index (χ2v) is 5.71. The van der Waals surface area contributed by atoms with Crippen molar-refractivity contribution < 1.29 is 22.3 Å². The van der Waals surface area contributed by atoms with Crippen LogP contribution in [0.3, 0.4) is 0 Å². The minimum absolute atomic E-state index is 0.0439. The monoisotopic (exact) mass is 275 g/mol. The number of rotatable bonds is 5. The fraction of sp³-hybridized carbons (Fsp3) is 0.364. The maximum Gasteiger partial charge on any atom is 0.321 e. The van der Waals surface area contributed by atoms with Crippen molar-refractivity contribution in [3.8, 4) is 0 Å². The Labute approximate surface area is 105 Å². The maximum atomic E-state index is 13.4. The molecule has 0 fully saturated rings. The van der Waals surface area contributed by atoms with Crippen LogP contribution in [0, 0.1) is 5.82 Å². The lowest BCUT2D eigenvalue weighted by Crippen LogP contribution is -2.20. The Balaban J connectivity index is 2.86. The van der Waals surface area contributed by atoms with Gasteiger partial charge in [0.25, 0.3) is 0 Å². The number of nitrogen functional groups attached to an aromatic ring is 1. The second-order valence-electron chi connectivity index (χ2n) is 3.64. The number of hydrogen-bond donors (Lipinski definition) is 1. The molecule has 0 saturated carbocycles. The number of nitrogens with two attached hydrogens (primary N) is 1. The summed E-state index contributed by atoms with van der Waals surface area (Å²) in [7, 11) is -3.80. The third kappa shape index (κ3) is 3.99. The Morgan fingerprint density at radius 2 is 2.11 bits per heavy atom. The van der Waals surface area contributed by atoms with Crippen molar-refractivity contribution in [2.45, 2.75) is 12.7 Å². The molecule has 5 nitrogen and oxygen atoms in total. The normalized spacial score (nSPS) is 11.2. The van der Waals surface area contributed by atoms with Crippen molar-refractivity contribution in [1.29, 1.82) is 0 Å². The van der Waals surface area contributed by atoms with E-state index in [0.29, 0.717) is 0 Å². The summed E-state index contributed by atoms with van der Waals surface area (Å²) in [6.45, 7) is 1.66. The number of carbonyl (C=O) groups excluding carboxylic acids is 1. The molecule has 1 aromatic rings. The summed E-state index contributed by atoms with van der Waals surface area (Å²) in [5, 5.41) is 0. The summed E-state index contributed by atoms with van der Waals surface area (Å²) >= 11 is 0. The molecule has 2 N–H and O–H groups in total. The molecular formula is C11H14FNO4S. The number of anilines is 1. The molecule has 0 heterocycles. The first-order chi connectivity index (χ1) is 8.35. The van der Waals surface area contributed by atoms with Crippen LogP contribution in [0.4, 0.5) is 10.1 Å². The van der Waals surface area contributed by atoms with Gasteiger partial charge in [0.1, 0.15) is 11.6 Å². The lowest BCUT2D eigenvalue weighted by Gasteiger charge is -2.08. The van der Waals surface area contributed by atoms with Gasteiger partial charge in [-0.25, -0.2) is 12.8 Å². The maximum absolute atomic E-state index is 13.4. The van der Waals surface area contributed by atoms with E-state index in [1.165, 1.54) is 12.1 Å². The summed E-state index contributed by atoms with van der Waals surface area (Å²) in [5.74, 6) is -2.96. The molecule has 0 atom stereocenters. The summed E-state index contributed by atoms with van der Waals surface area (Å²) < 4.78 is 41.3. The van der Waals surface area contributed by atoms with Gasteiger partial charge < -0.3 is 10.5 Å². The number of benzene rings is 1. The molecule has 0 radical (unpaired) electrons. The standard InChI is InChI=1S/C11H14FNO4S/c1-2-17-11(14)7-18(15,16)6-8-9(12)4-3-5-10(8)13/h3-5H,2,6-7,13H2,1H3. The van der Waals surface area contributed by atoms with Crippen LogP contribution in [0.5, 0.6) is 0 Å². The summed E-state index contributed by atoms with van der Waals surface area (Å²) in [5.41, 5.74) is 5.42. The van der Waals surface area contributed by atoms with Crippen molar-refractivity contribution in [3.63, 3.8) is 0 Å². The number of carbonyl (C=O) groups is 1. The molecule has 0 saturated heterocycles. The Morgan fingerprint density at radius 1 is 1.44 bits per heavy atom. The molecule has 0 unspecified atom stereocenters. The van der Waals surface area contributed by atoms with E-state index in [1.54, 1.807) is 6.92 Å². The van der Waals surface area contributed by atoms with E-state index in [-0.39, 0.29) is 17.9 Å². The number of esters is 1.